The van der Waals surface area contributed by atoms with Crippen molar-refractivity contribution >= 4 is 23.3 Å². The summed E-state index contributed by atoms with van der Waals surface area (Å²) in [7, 11) is 0. The summed E-state index contributed by atoms with van der Waals surface area (Å²) < 4.78 is 13.2. The Hall–Kier alpha value is -3.48. The maximum absolute atomic E-state index is 13.2. The Morgan fingerprint density at radius 3 is 2.15 bits per heavy atom. The number of carbonyl (C=O) groups excluding carboxylic acids is 2. The maximum atomic E-state index is 13.2. The van der Waals surface area contributed by atoms with Crippen molar-refractivity contribution in [3.05, 3.63) is 76.8 Å². The van der Waals surface area contributed by atoms with Gasteiger partial charge >= 0.3 is 5.97 Å². The van der Waals surface area contributed by atoms with Gasteiger partial charge in [-0.1, -0.05) is 12.1 Å². The van der Waals surface area contributed by atoms with Gasteiger partial charge in [-0.2, -0.15) is 0 Å². The van der Waals surface area contributed by atoms with Crippen molar-refractivity contribution in [2.75, 3.05) is 4.90 Å². The first-order valence-corrected chi connectivity index (χ1v) is 7.65. The lowest BCUT2D eigenvalue weighted by Crippen LogP contribution is -2.32. The first-order chi connectivity index (χ1) is 12.3. The van der Waals surface area contributed by atoms with Gasteiger partial charge in [0.2, 0.25) is 5.91 Å². The molecular formula is C19H13FNO5-. The van der Waals surface area contributed by atoms with Crippen LogP contribution in [0, 0.1) is 5.82 Å². The molecule has 0 radical (unpaired) electrons. The lowest BCUT2D eigenvalue weighted by atomic mass is 9.96. The first kappa shape index (κ1) is 17.3. The molecule has 0 spiro atoms. The van der Waals surface area contributed by atoms with Crippen molar-refractivity contribution in [1.82, 2.24) is 0 Å². The summed E-state index contributed by atoms with van der Waals surface area (Å²) >= 11 is 0. The minimum absolute atomic E-state index is 0.0147. The Labute approximate surface area is 147 Å². The molecule has 1 aliphatic heterocycles. The first-order valence-electron chi connectivity index (χ1n) is 7.65. The van der Waals surface area contributed by atoms with Crippen LogP contribution in [0.25, 0.3) is 0 Å². The largest absolute Gasteiger partial charge is 0.868 e. The fourth-order valence-electron chi connectivity index (χ4n) is 2.94. The highest BCUT2D eigenvalue weighted by Crippen LogP contribution is 2.40. The third kappa shape index (κ3) is 2.83. The fraction of sp³-hybridized carbons (Fsp3) is 0.105. The highest BCUT2D eigenvalue weighted by atomic mass is 19.1. The predicted octanol–water partition coefficient (Wildman–Crippen LogP) is 1.82. The van der Waals surface area contributed by atoms with Crippen LogP contribution >= 0.6 is 0 Å². The second-order valence-electron chi connectivity index (χ2n) is 5.78. The van der Waals surface area contributed by atoms with Crippen molar-refractivity contribution in [3.8, 4) is 0 Å². The van der Waals surface area contributed by atoms with E-state index in [2.05, 4.69) is 0 Å². The number of aromatic carboxylic acids is 1. The number of nitrogens with zero attached hydrogens (tertiary/aromatic N) is 1. The van der Waals surface area contributed by atoms with E-state index in [1.807, 2.05) is 0 Å². The molecule has 7 heteroatoms. The number of rotatable bonds is 4. The molecule has 0 fully saturated rings. The van der Waals surface area contributed by atoms with E-state index < -0.39 is 35.3 Å². The quantitative estimate of drug-likeness (QED) is 0.903. The summed E-state index contributed by atoms with van der Waals surface area (Å²) in [6, 6.07) is 9.50. The molecule has 0 saturated heterocycles. The summed E-state index contributed by atoms with van der Waals surface area (Å²) in [6.07, 6.45) is 0. The minimum Gasteiger partial charge on any atom is -0.868 e. The summed E-state index contributed by atoms with van der Waals surface area (Å²) in [5.41, 5.74) is 0.474. The van der Waals surface area contributed by atoms with Crippen LogP contribution < -0.4 is 10.0 Å². The minimum atomic E-state index is -1.13. The van der Waals surface area contributed by atoms with Gasteiger partial charge in [0.1, 0.15) is 5.82 Å². The summed E-state index contributed by atoms with van der Waals surface area (Å²) in [5.74, 6) is -4.00. The number of amides is 1. The van der Waals surface area contributed by atoms with Gasteiger partial charge in [0.15, 0.2) is 5.78 Å². The van der Waals surface area contributed by atoms with E-state index in [0.29, 0.717) is 5.56 Å². The van der Waals surface area contributed by atoms with E-state index in [4.69, 9.17) is 5.11 Å². The topological polar surface area (TPSA) is 97.7 Å². The molecule has 1 heterocycles. The van der Waals surface area contributed by atoms with Crippen LogP contribution in [-0.4, -0.2) is 22.8 Å². The monoisotopic (exact) mass is 354 g/mol. The van der Waals surface area contributed by atoms with Crippen LogP contribution in [-0.2, 0) is 9.59 Å². The Morgan fingerprint density at radius 2 is 1.65 bits per heavy atom. The molecule has 0 aliphatic carbocycles. The van der Waals surface area contributed by atoms with Crippen LogP contribution in [0.15, 0.2) is 59.9 Å². The van der Waals surface area contributed by atoms with E-state index >= 15 is 0 Å². The number of benzene rings is 2. The lowest BCUT2D eigenvalue weighted by molar-refractivity contribution is -0.298. The van der Waals surface area contributed by atoms with E-state index in [1.165, 1.54) is 55.5 Å². The zero-order valence-electron chi connectivity index (χ0n) is 13.6. The maximum Gasteiger partial charge on any atom is 0.335 e. The molecule has 0 saturated carbocycles. The Balaban J connectivity index is 2.13. The normalized spacial score (nSPS) is 16.9. The van der Waals surface area contributed by atoms with Gasteiger partial charge in [-0.15, -0.1) is 0 Å². The third-order valence-corrected chi connectivity index (χ3v) is 4.15. The molecule has 0 unspecified atom stereocenters. The summed E-state index contributed by atoms with van der Waals surface area (Å²) in [5, 5.41) is 21.3. The zero-order chi connectivity index (χ0) is 19.0. The van der Waals surface area contributed by atoms with Gasteiger partial charge in [0.05, 0.1) is 11.6 Å². The van der Waals surface area contributed by atoms with Crippen molar-refractivity contribution in [2.24, 2.45) is 0 Å². The molecule has 1 amide bonds. The average molecular weight is 354 g/mol. The number of hydrogen-bond acceptors (Lipinski definition) is 4. The van der Waals surface area contributed by atoms with Gasteiger partial charge in [-0.3, -0.25) is 14.5 Å². The van der Waals surface area contributed by atoms with Crippen LogP contribution in [0.2, 0.25) is 0 Å². The number of carbonyl (C=O) groups is 3. The molecule has 2 aromatic carbocycles. The molecule has 6 nitrogen and oxygen atoms in total. The van der Waals surface area contributed by atoms with Gasteiger partial charge in [-0.05, 0) is 54.6 Å². The Bertz CT molecular complexity index is 931. The molecule has 1 N–H and O–H groups in total. The Kier molecular flexibility index (Phi) is 4.29. The van der Waals surface area contributed by atoms with Crippen molar-refractivity contribution in [1.29, 1.82) is 0 Å². The van der Waals surface area contributed by atoms with E-state index in [9.17, 15) is 23.9 Å². The van der Waals surface area contributed by atoms with Crippen LogP contribution in [0.1, 0.15) is 28.9 Å². The number of anilines is 1. The summed E-state index contributed by atoms with van der Waals surface area (Å²) in [6.45, 7) is 1.19. The number of carboxylic acids is 1. The van der Waals surface area contributed by atoms with Crippen LogP contribution in [0.3, 0.4) is 0 Å². The second kappa shape index (κ2) is 6.44. The van der Waals surface area contributed by atoms with E-state index in [-0.39, 0.29) is 16.8 Å². The van der Waals surface area contributed by atoms with Gasteiger partial charge < -0.3 is 10.2 Å². The number of hydrogen-bond donors (Lipinski definition) is 1. The SMILES string of the molecule is CC(=O)C1=C([O-])C(=O)N(c2ccc(C(=O)O)cc2)[C@@H]1c1ccc(F)cc1. The molecule has 1 atom stereocenters. The van der Waals surface area contributed by atoms with Crippen molar-refractivity contribution in [3.63, 3.8) is 0 Å². The predicted molar refractivity (Wildman–Crippen MR) is 87.7 cm³/mol. The smallest absolute Gasteiger partial charge is 0.335 e. The lowest BCUT2D eigenvalue weighted by Gasteiger charge is -2.27. The van der Waals surface area contributed by atoms with E-state index in [1.54, 1.807) is 0 Å². The van der Waals surface area contributed by atoms with Crippen LogP contribution in [0.5, 0.6) is 0 Å². The fourth-order valence-corrected chi connectivity index (χ4v) is 2.94. The highest BCUT2D eigenvalue weighted by molar-refractivity contribution is 6.15. The molecular weight excluding hydrogens is 341 g/mol. The van der Waals surface area contributed by atoms with Crippen molar-refractivity contribution < 1.29 is 29.0 Å². The van der Waals surface area contributed by atoms with Crippen molar-refractivity contribution in [2.45, 2.75) is 13.0 Å². The van der Waals surface area contributed by atoms with Crippen LogP contribution in [0.4, 0.5) is 10.1 Å². The van der Waals surface area contributed by atoms with E-state index in [0.717, 1.165) is 4.90 Å². The molecule has 0 aromatic heterocycles. The van der Waals surface area contributed by atoms with Gasteiger partial charge in [0.25, 0.3) is 0 Å². The summed E-state index contributed by atoms with van der Waals surface area (Å²) in [4.78, 5) is 36.6. The number of Topliss-reactive ketones (excluding diaryl/α,β-unsaturated/α-hetero) is 1. The molecule has 3 rings (SSSR count). The highest BCUT2D eigenvalue weighted by Gasteiger charge is 2.38. The standard InChI is InChI=1S/C19H14FNO5/c1-10(22)15-16(11-2-6-13(20)7-3-11)21(18(24)17(15)23)14-8-4-12(5-9-14)19(25)26/h2-9,16,23H,1H3,(H,25,26)/p-1/t16-/m1/s1. The second-order valence-corrected chi connectivity index (χ2v) is 5.78. The molecule has 26 heavy (non-hydrogen) atoms. The number of carboxylic acid groups (broad SMARTS) is 1. The zero-order valence-corrected chi connectivity index (χ0v) is 13.6. The molecule has 0 bridgehead atoms. The number of halogens is 1. The number of ketones is 1. The molecule has 2 aromatic rings. The molecule has 132 valence electrons. The Morgan fingerprint density at radius 1 is 1.08 bits per heavy atom. The average Bonchev–Trinajstić information content (AvgIpc) is 2.87. The molecule has 1 aliphatic rings. The van der Waals surface area contributed by atoms with Gasteiger partial charge in [-0.25, -0.2) is 9.18 Å². The third-order valence-electron chi connectivity index (χ3n) is 4.15. The van der Waals surface area contributed by atoms with Gasteiger partial charge in [0, 0.05) is 11.3 Å².